The maximum atomic E-state index is 11.4. The Kier molecular flexibility index (Phi) is 4.68. The Morgan fingerprint density at radius 1 is 1.56 bits per heavy atom. The minimum absolute atomic E-state index is 0.0347. The summed E-state index contributed by atoms with van der Waals surface area (Å²) in [5.74, 6) is -0.595. The summed E-state index contributed by atoms with van der Waals surface area (Å²) in [5, 5.41) is 4.87. The molecule has 1 rings (SSSR count). The smallest absolute Gasteiger partial charge is 0.360 e. The van der Waals surface area contributed by atoms with E-state index in [9.17, 15) is 13.2 Å². The number of primary sulfonamides is 1. The molecule has 0 saturated carbocycles. The molecule has 0 saturated heterocycles. The zero-order valence-corrected chi connectivity index (χ0v) is 10.8. The first-order valence-electron chi connectivity index (χ1n) is 5.33. The van der Waals surface area contributed by atoms with Crippen molar-refractivity contribution in [2.45, 2.75) is 19.9 Å². The van der Waals surface area contributed by atoms with E-state index in [1.54, 1.807) is 6.92 Å². The van der Waals surface area contributed by atoms with Crippen molar-refractivity contribution >= 4 is 21.8 Å². The predicted molar refractivity (Wildman–Crippen MR) is 65.2 cm³/mol. The fourth-order valence-electron chi connectivity index (χ4n) is 1.36. The molecular weight excluding hydrogens is 260 g/mol. The molecule has 0 aliphatic carbocycles. The highest BCUT2D eigenvalue weighted by Gasteiger charge is 2.16. The van der Waals surface area contributed by atoms with Gasteiger partial charge in [-0.3, -0.25) is 0 Å². The Bertz CT molecular complexity index is 523. The molecule has 0 bridgehead atoms. The van der Waals surface area contributed by atoms with Crippen LogP contribution in [0.4, 0.5) is 5.82 Å². The average Bonchev–Trinajstić information content (AvgIpc) is 2.59. The van der Waals surface area contributed by atoms with Crippen LogP contribution in [0.5, 0.6) is 0 Å². The lowest BCUT2D eigenvalue weighted by Crippen LogP contribution is -2.18. The van der Waals surface area contributed by atoms with Crippen LogP contribution in [-0.2, 0) is 21.3 Å². The number of aromatic nitrogens is 2. The van der Waals surface area contributed by atoms with Gasteiger partial charge in [-0.05, 0) is 13.3 Å². The molecule has 0 amide bonds. The monoisotopic (exact) mass is 276 g/mol. The highest BCUT2D eigenvalue weighted by Crippen LogP contribution is 2.12. The molecule has 0 aliphatic rings. The molecule has 0 atom stereocenters. The summed E-state index contributed by atoms with van der Waals surface area (Å²) in [5.41, 5.74) is 5.74. The number of esters is 1. The van der Waals surface area contributed by atoms with Gasteiger partial charge in [0.2, 0.25) is 10.0 Å². The first-order chi connectivity index (χ1) is 8.35. The molecule has 0 aromatic carbocycles. The molecule has 1 heterocycles. The van der Waals surface area contributed by atoms with Crippen molar-refractivity contribution in [2.75, 3.05) is 18.1 Å². The van der Waals surface area contributed by atoms with Crippen LogP contribution < -0.4 is 10.9 Å². The number of hydrogen-bond donors (Lipinski definition) is 2. The minimum Gasteiger partial charge on any atom is -0.461 e. The molecular formula is C9H16N4O4S. The molecule has 1 aromatic heterocycles. The van der Waals surface area contributed by atoms with Gasteiger partial charge >= 0.3 is 5.97 Å². The number of sulfonamides is 1. The predicted octanol–water partition coefficient (Wildman–Crippen LogP) is -0.679. The van der Waals surface area contributed by atoms with Gasteiger partial charge in [0.15, 0.2) is 5.69 Å². The third kappa shape index (κ3) is 4.00. The van der Waals surface area contributed by atoms with Crippen LogP contribution in [0.2, 0.25) is 0 Å². The quantitative estimate of drug-likeness (QED) is 0.662. The van der Waals surface area contributed by atoms with Crippen LogP contribution in [0.1, 0.15) is 23.8 Å². The Labute approximate surface area is 105 Å². The number of carbonyl (C=O) groups excluding carboxylic acids is 1. The van der Waals surface area contributed by atoms with Crippen molar-refractivity contribution < 1.29 is 17.9 Å². The summed E-state index contributed by atoms with van der Waals surface area (Å²) in [6, 6.07) is 0. The van der Waals surface area contributed by atoms with Crippen LogP contribution in [0.3, 0.4) is 0 Å². The number of aryl methyl sites for hydroxylation is 1. The summed E-state index contributed by atoms with van der Waals surface area (Å²) in [6.45, 7) is 2.22. The highest BCUT2D eigenvalue weighted by atomic mass is 32.2. The number of nitrogens with zero attached hydrogens (tertiary/aromatic N) is 2. The van der Waals surface area contributed by atoms with Gasteiger partial charge in [-0.25, -0.2) is 23.3 Å². The molecule has 102 valence electrons. The molecule has 0 spiro atoms. The van der Waals surface area contributed by atoms with Crippen molar-refractivity contribution in [3.05, 3.63) is 12.0 Å². The molecule has 8 nitrogen and oxygen atoms in total. The second kappa shape index (κ2) is 5.83. The molecule has 18 heavy (non-hydrogen) atoms. The van der Waals surface area contributed by atoms with E-state index in [-0.39, 0.29) is 23.9 Å². The Balaban J connectivity index is 2.66. The van der Waals surface area contributed by atoms with Gasteiger partial charge in [0.25, 0.3) is 0 Å². The van der Waals surface area contributed by atoms with E-state index in [0.29, 0.717) is 13.0 Å². The van der Waals surface area contributed by atoms with Crippen molar-refractivity contribution in [3.8, 4) is 0 Å². The lowest BCUT2D eigenvalue weighted by atomic mass is 10.4. The fourth-order valence-corrected chi connectivity index (χ4v) is 1.89. The van der Waals surface area contributed by atoms with Crippen LogP contribution in [0, 0.1) is 0 Å². The van der Waals surface area contributed by atoms with Crippen LogP contribution in [0.15, 0.2) is 6.33 Å². The lowest BCUT2D eigenvalue weighted by molar-refractivity contribution is 0.0521. The number of hydrogen-bond acceptors (Lipinski definition) is 6. The molecule has 0 radical (unpaired) electrons. The molecule has 0 fully saturated rings. The topological polar surface area (TPSA) is 130 Å². The standard InChI is InChI=1S/C9H16N4O4S/c1-2-17-9(14)7-8(10)13(6-12-7)4-3-5-18(11,15)16/h6H,2-5,10H2,1H3,(H2,11,15,16). The van der Waals surface area contributed by atoms with E-state index in [4.69, 9.17) is 15.6 Å². The molecule has 0 unspecified atom stereocenters. The first-order valence-corrected chi connectivity index (χ1v) is 7.05. The zero-order chi connectivity index (χ0) is 13.8. The van der Waals surface area contributed by atoms with Crippen LogP contribution >= 0.6 is 0 Å². The number of nitrogen functional groups attached to an aromatic ring is 1. The fraction of sp³-hybridized carbons (Fsp3) is 0.556. The third-order valence-corrected chi connectivity index (χ3v) is 3.03. The molecule has 4 N–H and O–H groups in total. The Hall–Kier alpha value is -1.61. The summed E-state index contributed by atoms with van der Waals surface area (Å²) in [4.78, 5) is 15.3. The molecule has 1 aromatic rings. The normalized spacial score (nSPS) is 11.4. The number of ether oxygens (including phenoxy) is 1. The van der Waals surface area contributed by atoms with Gasteiger partial charge in [0.05, 0.1) is 18.7 Å². The van der Waals surface area contributed by atoms with Gasteiger partial charge in [-0.2, -0.15) is 0 Å². The Morgan fingerprint density at radius 3 is 2.78 bits per heavy atom. The number of carbonyl (C=O) groups is 1. The first kappa shape index (κ1) is 14.5. The number of imidazole rings is 1. The summed E-state index contributed by atoms with van der Waals surface area (Å²) in [7, 11) is -3.49. The number of anilines is 1. The largest absolute Gasteiger partial charge is 0.461 e. The maximum Gasteiger partial charge on any atom is 0.360 e. The van der Waals surface area contributed by atoms with Crippen molar-refractivity contribution in [1.29, 1.82) is 0 Å². The van der Waals surface area contributed by atoms with Gasteiger partial charge in [-0.1, -0.05) is 0 Å². The second-order valence-electron chi connectivity index (χ2n) is 3.61. The van der Waals surface area contributed by atoms with Gasteiger partial charge in [-0.15, -0.1) is 0 Å². The van der Waals surface area contributed by atoms with Crippen LogP contribution in [-0.4, -0.2) is 36.3 Å². The summed E-state index contributed by atoms with van der Waals surface area (Å²) in [6.07, 6.45) is 1.66. The van der Waals surface area contributed by atoms with E-state index in [0.717, 1.165) is 0 Å². The van der Waals surface area contributed by atoms with Gasteiger partial charge < -0.3 is 15.0 Å². The lowest BCUT2D eigenvalue weighted by Gasteiger charge is -2.04. The molecule has 9 heteroatoms. The van der Waals surface area contributed by atoms with Crippen LogP contribution in [0.25, 0.3) is 0 Å². The summed E-state index contributed by atoms with van der Waals surface area (Å²) >= 11 is 0. The highest BCUT2D eigenvalue weighted by molar-refractivity contribution is 7.89. The Morgan fingerprint density at radius 2 is 2.22 bits per heavy atom. The van der Waals surface area contributed by atoms with E-state index < -0.39 is 16.0 Å². The second-order valence-corrected chi connectivity index (χ2v) is 5.35. The van der Waals surface area contributed by atoms with E-state index in [2.05, 4.69) is 4.98 Å². The minimum atomic E-state index is -3.49. The number of nitrogens with two attached hydrogens (primary N) is 2. The van der Waals surface area contributed by atoms with E-state index in [1.807, 2.05) is 0 Å². The van der Waals surface area contributed by atoms with Crippen molar-refractivity contribution in [1.82, 2.24) is 9.55 Å². The van der Waals surface area contributed by atoms with Gasteiger partial charge in [0.1, 0.15) is 5.82 Å². The maximum absolute atomic E-state index is 11.4. The summed E-state index contributed by atoms with van der Waals surface area (Å²) < 4.78 is 27.8. The van der Waals surface area contributed by atoms with E-state index >= 15 is 0 Å². The SMILES string of the molecule is CCOC(=O)c1ncn(CCCS(N)(=O)=O)c1N. The van der Waals surface area contributed by atoms with Crippen molar-refractivity contribution in [2.24, 2.45) is 5.14 Å². The zero-order valence-electron chi connectivity index (χ0n) is 10.00. The number of rotatable bonds is 6. The van der Waals surface area contributed by atoms with E-state index in [1.165, 1.54) is 10.9 Å². The van der Waals surface area contributed by atoms with Gasteiger partial charge in [0, 0.05) is 6.54 Å². The molecule has 0 aliphatic heterocycles. The third-order valence-electron chi connectivity index (χ3n) is 2.17. The average molecular weight is 276 g/mol. The van der Waals surface area contributed by atoms with Crippen molar-refractivity contribution in [3.63, 3.8) is 0 Å².